The minimum atomic E-state index is -3.64. The highest BCUT2D eigenvalue weighted by atomic mass is 32.2. The standard InChI is InChI=1S/C21H23FN2O5S/c1-14(2)24-30(27,28)18-11-9-17(10-12-18)23-21(26)15(3)29-20(25)13-8-16-6-4-5-7-19(16)22/h4-15,24H,1-3H3,(H,23,26)/b13-8+. The number of nitrogens with one attached hydrogen (secondary N) is 2. The van der Waals surface area contributed by atoms with Crippen molar-refractivity contribution in [2.75, 3.05) is 5.32 Å². The number of ether oxygens (including phenoxy) is 1. The molecule has 2 aromatic rings. The summed E-state index contributed by atoms with van der Waals surface area (Å²) < 4.78 is 45.2. The van der Waals surface area contributed by atoms with Gasteiger partial charge in [0, 0.05) is 23.4 Å². The van der Waals surface area contributed by atoms with E-state index in [-0.39, 0.29) is 16.5 Å². The van der Waals surface area contributed by atoms with Crippen molar-refractivity contribution in [3.63, 3.8) is 0 Å². The minimum absolute atomic E-state index is 0.0620. The summed E-state index contributed by atoms with van der Waals surface area (Å²) in [4.78, 5) is 24.1. The van der Waals surface area contributed by atoms with Gasteiger partial charge in [-0.15, -0.1) is 0 Å². The van der Waals surface area contributed by atoms with Crippen LogP contribution < -0.4 is 10.0 Å². The molecule has 0 bridgehead atoms. The molecule has 7 nitrogen and oxygen atoms in total. The Bertz CT molecular complexity index is 1030. The van der Waals surface area contributed by atoms with E-state index < -0.39 is 33.8 Å². The average molecular weight is 434 g/mol. The summed E-state index contributed by atoms with van der Waals surface area (Å²) in [5, 5.41) is 2.53. The van der Waals surface area contributed by atoms with E-state index >= 15 is 0 Å². The Kier molecular flexibility index (Phi) is 7.85. The largest absolute Gasteiger partial charge is 0.449 e. The zero-order valence-corrected chi connectivity index (χ0v) is 17.6. The van der Waals surface area contributed by atoms with Gasteiger partial charge in [-0.3, -0.25) is 4.79 Å². The highest BCUT2D eigenvalue weighted by Crippen LogP contribution is 2.15. The number of hydrogen-bond acceptors (Lipinski definition) is 5. The molecule has 0 heterocycles. The summed E-state index contributed by atoms with van der Waals surface area (Å²) in [5.41, 5.74) is 0.557. The predicted molar refractivity (Wildman–Crippen MR) is 112 cm³/mol. The van der Waals surface area contributed by atoms with E-state index in [2.05, 4.69) is 10.0 Å². The second kappa shape index (κ2) is 10.1. The Morgan fingerprint density at radius 1 is 1.03 bits per heavy atom. The zero-order valence-electron chi connectivity index (χ0n) is 16.8. The first kappa shape index (κ1) is 23.2. The summed E-state index contributed by atoms with van der Waals surface area (Å²) >= 11 is 0. The molecule has 2 N–H and O–H groups in total. The quantitative estimate of drug-likeness (QED) is 0.491. The maximum Gasteiger partial charge on any atom is 0.331 e. The molecule has 2 rings (SSSR count). The molecule has 1 unspecified atom stereocenters. The van der Waals surface area contributed by atoms with Gasteiger partial charge in [-0.2, -0.15) is 0 Å². The maximum atomic E-state index is 13.5. The number of sulfonamides is 1. The van der Waals surface area contributed by atoms with Crippen molar-refractivity contribution in [2.45, 2.75) is 37.8 Å². The van der Waals surface area contributed by atoms with E-state index in [0.29, 0.717) is 5.69 Å². The van der Waals surface area contributed by atoms with Crippen LogP contribution >= 0.6 is 0 Å². The maximum absolute atomic E-state index is 13.5. The van der Waals surface area contributed by atoms with Crippen LogP contribution in [0.4, 0.5) is 10.1 Å². The molecule has 0 aliphatic carbocycles. The molecule has 0 aromatic heterocycles. The molecule has 1 amide bonds. The number of amides is 1. The minimum Gasteiger partial charge on any atom is -0.449 e. The summed E-state index contributed by atoms with van der Waals surface area (Å²) in [5.74, 6) is -1.89. The second-order valence-electron chi connectivity index (χ2n) is 6.72. The van der Waals surface area contributed by atoms with Crippen LogP contribution in [0.2, 0.25) is 0 Å². The van der Waals surface area contributed by atoms with E-state index in [1.807, 2.05) is 0 Å². The Balaban J connectivity index is 1.94. The van der Waals surface area contributed by atoms with Crippen LogP contribution in [0.15, 0.2) is 59.5 Å². The first-order valence-electron chi connectivity index (χ1n) is 9.15. The van der Waals surface area contributed by atoms with Crippen molar-refractivity contribution in [2.24, 2.45) is 0 Å². The van der Waals surface area contributed by atoms with Crippen molar-refractivity contribution in [3.05, 3.63) is 66.0 Å². The Morgan fingerprint density at radius 3 is 2.27 bits per heavy atom. The van der Waals surface area contributed by atoms with E-state index in [1.54, 1.807) is 19.9 Å². The van der Waals surface area contributed by atoms with Crippen LogP contribution in [0.5, 0.6) is 0 Å². The molecule has 160 valence electrons. The molecule has 0 saturated heterocycles. The third-order valence-corrected chi connectivity index (χ3v) is 5.46. The van der Waals surface area contributed by atoms with Crippen LogP contribution in [0.3, 0.4) is 0 Å². The molecule has 0 aliphatic rings. The van der Waals surface area contributed by atoms with Crippen molar-refractivity contribution in [1.82, 2.24) is 4.72 Å². The van der Waals surface area contributed by atoms with Gasteiger partial charge in [0.2, 0.25) is 10.0 Å². The lowest BCUT2D eigenvalue weighted by molar-refractivity contribution is -0.148. The number of halogens is 1. The SMILES string of the molecule is CC(C)NS(=O)(=O)c1ccc(NC(=O)C(C)OC(=O)/C=C/c2ccccc2F)cc1. The van der Waals surface area contributed by atoms with Crippen molar-refractivity contribution < 1.29 is 27.1 Å². The lowest BCUT2D eigenvalue weighted by Gasteiger charge is -2.13. The van der Waals surface area contributed by atoms with E-state index in [1.165, 1.54) is 55.5 Å². The molecule has 2 aromatic carbocycles. The highest BCUT2D eigenvalue weighted by molar-refractivity contribution is 7.89. The Labute approximate surface area is 175 Å². The normalized spacial score (nSPS) is 12.7. The predicted octanol–water partition coefficient (Wildman–Crippen LogP) is 3.10. The number of carbonyl (C=O) groups excluding carboxylic acids is 2. The van der Waals surface area contributed by atoms with Gasteiger partial charge in [-0.1, -0.05) is 18.2 Å². The van der Waals surface area contributed by atoms with Gasteiger partial charge in [-0.05, 0) is 57.2 Å². The summed E-state index contributed by atoms with van der Waals surface area (Å²) in [6.45, 7) is 4.80. The first-order valence-corrected chi connectivity index (χ1v) is 10.6. The fourth-order valence-electron chi connectivity index (χ4n) is 2.37. The molecule has 0 fully saturated rings. The smallest absolute Gasteiger partial charge is 0.331 e. The molecule has 0 aliphatic heterocycles. The Morgan fingerprint density at radius 2 is 1.67 bits per heavy atom. The van der Waals surface area contributed by atoms with Crippen molar-refractivity contribution >= 4 is 33.7 Å². The summed E-state index contributed by atoms with van der Waals surface area (Å²) in [6, 6.07) is 11.2. The fourth-order valence-corrected chi connectivity index (χ4v) is 3.63. The van der Waals surface area contributed by atoms with Gasteiger partial charge in [-0.25, -0.2) is 22.3 Å². The fraction of sp³-hybridized carbons (Fsp3) is 0.238. The molecule has 0 spiro atoms. The van der Waals surface area contributed by atoms with Gasteiger partial charge < -0.3 is 10.1 Å². The summed E-state index contributed by atoms with van der Waals surface area (Å²) in [6.07, 6.45) is 1.17. The van der Waals surface area contributed by atoms with Crippen LogP contribution in [-0.2, 0) is 24.3 Å². The Hall–Kier alpha value is -3.04. The molecular weight excluding hydrogens is 411 g/mol. The third kappa shape index (κ3) is 6.78. The molecule has 0 radical (unpaired) electrons. The first-order chi connectivity index (χ1) is 14.1. The highest BCUT2D eigenvalue weighted by Gasteiger charge is 2.18. The topological polar surface area (TPSA) is 102 Å². The van der Waals surface area contributed by atoms with Crippen molar-refractivity contribution in [1.29, 1.82) is 0 Å². The monoisotopic (exact) mass is 434 g/mol. The average Bonchev–Trinajstić information content (AvgIpc) is 2.66. The number of esters is 1. The van der Waals surface area contributed by atoms with Crippen LogP contribution in [0.25, 0.3) is 6.08 Å². The van der Waals surface area contributed by atoms with Gasteiger partial charge >= 0.3 is 5.97 Å². The lowest BCUT2D eigenvalue weighted by Crippen LogP contribution is -2.30. The molecule has 9 heteroatoms. The number of hydrogen-bond donors (Lipinski definition) is 2. The number of anilines is 1. The molecule has 0 saturated carbocycles. The number of carbonyl (C=O) groups is 2. The third-order valence-electron chi connectivity index (χ3n) is 3.79. The van der Waals surface area contributed by atoms with Crippen molar-refractivity contribution in [3.8, 4) is 0 Å². The van der Waals surface area contributed by atoms with Gasteiger partial charge in [0.05, 0.1) is 4.90 Å². The molecule has 1 atom stereocenters. The molecule has 30 heavy (non-hydrogen) atoms. The van der Waals surface area contributed by atoms with Gasteiger partial charge in [0.25, 0.3) is 5.91 Å². The van der Waals surface area contributed by atoms with E-state index in [4.69, 9.17) is 4.74 Å². The number of benzene rings is 2. The molecular formula is C21H23FN2O5S. The zero-order chi connectivity index (χ0) is 22.3. The van der Waals surface area contributed by atoms with E-state index in [0.717, 1.165) is 6.08 Å². The number of rotatable bonds is 8. The van der Waals surface area contributed by atoms with Gasteiger partial charge in [0.15, 0.2) is 6.10 Å². The van der Waals surface area contributed by atoms with Crippen LogP contribution in [0.1, 0.15) is 26.3 Å². The van der Waals surface area contributed by atoms with Crippen LogP contribution in [0, 0.1) is 5.82 Å². The van der Waals surface area contributed by atoms with Gasteiger partial charge in [0.1, 0.15) is 5.82 Å². The van der Waals surface area contributed by atoms with Crippen LogP contribution in [-0.4, -0.2) is 32.4 Å². The lowest BCUT2D eigenvalue weighted by atomic mass is 10.2. The second-order valence-corrected chi connectivity index (χ2v) is 8.44. The summed E-state index contributed by atoms with van der Waals surface area (Å²) in [7, 11) is -3.64. The van der Waals surface area contributed by atoms with E-state index in [9.17, 15) is 22.4 Å².